The van der Waals surface area contributed by atoms with Gasteiger partial charge in [0.2, 0.25) is 0 Å². The van der Waals surface area contributed by atoms with Gasteiger partial charge in [-0.2, -0.15) is 5.26 Å². The molecule has 0 aliphatic heterocycles. The number of aromatic carboxylic acids is 1. The second kappa shape index (κ2) is 9.77. The zero-order chi connectivity index (χ0) is 21.5. The Balaban J connectivity index is 1.78. The van der Waals surface area contributed by atoms with Gasteiger partial charge in [-0.1, -0.05) is 46.3 Å². The summed E-state index contributed by atoms with van der Waals surface area (Å²) >= 11 is 3.39. The lowest BCUT2D eigenvalue weighted by Crippen LogP contribution is -2.00. The number of rotatable bonds is 7. The van der Waals surface area contributed by atoms with Crippen molar-refractivity contribution in [2.24, 2.45) is 0 Å². The Morgan fingerprint density at radius 1 is 1.03 bits per heavy atom. The van der Waals surface area contributed by atoms with E-state index in [0.29, 0.717) is 17.1 Å². The van der Waals surface area contributed by atoms with E-state index in [9.17, 15) is 10.1 Å². The summed E-state index contributed by atoms with van der Waals surface area (Å²) in [5, 5.41) is 18.5. The van der Waals surface area contributed by atoms with E-state index in [-0.39, 0.29) is 12.2 Å². The Hall–Kier alpha value is -3.56. The molecule has 0 unspecified atom stereocenters. The minimum Gasteiger partial charge on any atom is -0.493 e. The van der Waals surface area contributed by atoms with Crippen molar-refractivity contribution >= 4 is 33.5 Å². The molecular formula is C24H18BrNO4. The molecule has 0 aliphatic rings. The van der Waals surface area contributed by atoms with Crippen LogP contribution in [0.3, 0.4) is 0 Å². The second-order valence-electron chi connectivity index (χ2n) is 6.38. The van der Waals surface area contributed by atoms with E-state index in [0.717, 1.165) is 21.2 Å². The molecule has 0 amide bonds. The molecule has 0 spiro atoms. The molecule has 150 valence electrons. The number of methoxy groups -OCH3 is 1. The van der Waals surface area contributed by atoms with Crippen molar-refractivity contribution in [2.45, 2.75) is 6.61 Å². The lowest BCUT2D eigenvalue weighted by molar-refractivity contribution is 0.0697. The Kier molecular flexibility index (Phi) is 6.89. The first kappa shape index (κ1) is 21.2. The average Bonchev–Trinajstić information content (AvgIpc) is 2.77. The first-order chi connectivity index (χ1) is 14.5. The summed E-state index contributed by atoms with van der Waals surface area (Å²) in [6, 6.07) is 21.7. The van der Waals surface area contributed by atoms with Crippen LogP contribution in [0, 0.1) is 11.3 Å². The van der Waals surface area contributed by atoms with Gasteiger partial charge in [0.25, 0.3) is 0 Å². The Labute approximate surface area is 182 Å². The van der Waals surface area contributed by atoms with Gasteiger partial charge in [0.15, 0.2) is 11.5 Å². The molecule has 5 nitrogen and oxygen atoms in total. The van der Waals surface area contributed by atoms with Crippen molar-refractivity contribution in [1.82, 2.24) is 0 Å². The SMILES string of the molecule is COc1cc(C=C(C#N)c2ccc(Br)cc2)ccc1OCc1ccc(C(=O)O)cc1. The quantitative estimate of drug-likeness (QED) is 0.353. The summed E-state index contributed by atoms with van der Waals surface area (Å²) < 4.78 is 12.2. The van der Waals surface area contributed by atoms with Gasteiger partial charge >= 0.3 is 5.97 Å². The van der Waals surface area contributed by atoms with Crippen LogP contribution >= 0.6 is 15.9 Å². The fraction of sp³-hybridized carbons (Fsp3) is 0.0833. The van der Waals surface area contributed by atoms with Crippen molar-refractivity contribution in [3.63, 3.8) is 0 Å². The summed E-state index contributed by atoms with van der Waals surface area (Å²) in [7, 11) is 1.55. The highest BCUT2D eigenvalue weighted by atomic mass is 79.9. The molecule has 0 aliphatic carbocycles. The van der Waals surface area contributed by atoms with Gasteiger partial charge in [-0.25, -0.2) is 4.79 Å². The highest BCUT2D eigenvalue weighted by Crippen LogP contribution is 2.30. The summed E-state index contributed by atoms with van der Waals surface area (Å²) in [4.78, 5) is 10.9. The molecule has 0 saturated carbocycles. The highest BCUT2D eigenvalue weighted by molar-refractivity contribution is 9.10. The summed E-state index contributed by atoms with van der Waals surface area (Å²) in [6.45, 7) is 0.272. The van der Waals surface area contributed by atoms with E-state index in [1.165, 1.54) is 12.1 Å². The molecule has 0 bridgehead atoms. The predicted octanol–water partition coefficient (Wildman–Crippen LogP) is 5.80. The lowest BCUT2D eigenvalue weighted by atomic mass is 10.0. The number of carboxylic acid groups (broad SMARTS) is 1. The molecule has 0 aromatic heterocycles. The number of hydrogen-bond acceptors (Lipinski definition) is 4. The molecule has 3 rings (SSSR count). The molecule has 6 heteroatoms. The third-order valence-electron chi connectivity index (χ3n) is 4.37. The van der Waals surface area contributed by atoms with E-state index in [1.807, 2.05) is 30.3 Å². The first-order valence-corrected chi connectivity index (χ1v) is 9.80. The molecule has 0 saturated heterocycles. The first-order valence-electron chi connectivity index (χ1n) is 9.01. The molecule has 0 atom stereocenters. The largest absolute Gasteiger partial charge is 0.493 e. The number of ether oxygens (including phenoxy) is 2. The topological polar surface area (TPSA) is 79.5 Å². The minimum absolute atomic E-state index is 0.228. The van der Waals surface area contributed by atoms with Crippen LogP contribution in [-0.4, -0.2) is 18.2 Å². The number of benzene rings is 3. The minimum atomic E-state index is -0.965. The van der Waals surface area contributed by atoms with Crippen molar-refractivity contribution in [3.05, 3.63) is 93.5 Å². The van der Waals surface area contributed by atoms with Crippen molar-refractivity contribution in [2.75, 3.05) is 7.11 Å². The van der Waals surface area contributed by atoms with Crippen LogP contribution in [-0.2, 0) is 6.61 Å². The Morgan fingerprint density at radius 2 is 1.70 bits per heavy atom. The van der Waals surface area contributed by atoms with E-state index >= 15 is 0 Å². The van der Waals surface area contributed by atoms with Crippen LogP contribution < -0.4 is 9.47 Å². The predicted molar refractivity (Wildman–Crippen MR) is 118 cm³/mol. The van der Waals surface area contributed by atoms with Crippen LogP contribution in [0.15, 0.2) is 71.2 Å². The van der Waals surface area contributed by atoms with Crippen LogP contribution in [0.5, 0.6) is 11.5 Å². The van der Waals surface area contributed by atoms with Gasteiger partial charge in [0, 0.05) is 4.47 Å². The van der Waals surface area contributed by atoms with Crippen molar-refractivity contribution in [1.29, 1.82) is 5.26 Å². The molecule has 0 radical (unpaired) electrons. The number of hydrogen-bond donors (Lipinski definition) is 1. The summed E-state index contributed by atoms with van der Waals surface area (Å²) in [5.41, 5.74) is 3.24. The zero-order valence-electron chi connectivity index (χ0n) is 16.1. The van der Waals surface area contributed by atoms with Crippen molar-refractivity contribution < 1.29 is 19.4 Å². The van der Waals surface area contributed by atoms with E-state index in [2.05, 4.69) is 22.0 Å². The van der Waals surface area contributed by atoms with E-state index < -0.39 is 5.97 Å². The van der Waals surface area contributed by atoms with Crippen LogP contribution in [0.2, 0.25) is 0 Å². The molecule has 0 fully saturated rings. The van der Waals surface area contributed by atoms with Gasteiger partial charge in [-0.3, -0.25) is 0 Å². The van der Waals surface area contributed by atoms with Crippen molar-refractivity contribution in [3.8, 4) is 17.6 Å². The maximum atomic E-state index is 10.9. The summed E-state index contributed by atoms with van der Waals surface area (Å²) in [6.07, 6.45) is 1.79. The molecule has 3 aromatic carbocycles. The maximum Gasteiger partial charge on any atom is 0.335 e. The number of carboxylic acids is 1. The fourth-order valence-corrected chi connectivity index (χ4v) is 3.04. The molecule has 1 N–H and O–H groups in total. The van der Waals surface area contributed by atoms with Gasteiger partial charge < -0.3 is 14.6 Å². The monoisotopic (exact) mass is 463 g/mol. The third-order valence-corrected chi connectivity index (χ3v) is 4.90. The maximum absolute atomic E-state index is 10.9. The van der Waals surface area contributed by atoms with Gasteiger partial charge in [-0.05, 0) is 59.2 Å². The smallest absolute Gasteiger partial charge is 0.335 e. The number of nitriles is 1. The fourth-order valence-electron chi connectivity index (χ4n) is 2.77. The second-order valence-corrected chi connectivity index (χ2v) is 7.29. The lowest BCUT2D eigenvalue weighted by Gasteiger charge is -2.12. The number of nitrogens with zero attached hydrogens (tertiary/aromatic N) is 1. The molecular weight excluding hydrogens is 446 g/mol. The molecule has 3 aromatic rings. The third kappa shape index (κ3) is 5.28. The van der Waals surface area contributed by atoms with Crippen LogP contribution in [0.1, 0.15) is 27.0 Å². The Bertz CT molecular complexity index is 1110. The average molecular weight is 464 g/mol. The Morgan fingerprint density at radius 3 is 2.30 bits per heavy atom. The number of allylic oxidation sites excluding steroid dienone is 1. The number of halogens is 1. The van der Waals surface area contributed by atoms with Crippen LogP contribution in [0.4, 0.5) is 0 Å². The standard InChI is InChI=1S/C24H18BrNO4/c1-29-23-13-17(12-20(14-26)18-7-9-21(25)10-8-18)4-11-22(23)30-15-16-2-5-19(6-3-16)24(27)28/h2-13H,15H2,1H3,(H,27,28). The normalized spacial score (nSPS) is 10.9. The molecule has 0 heterocycles. The number of carbonyl (C=O) groups is 1. The van der Waals surface area contributed by atoms with Gasteiger partial charge in [-0.15, -0.1) is 0 Å². The van der Waals surface area contributed by atoms with E-state index in [1.54, 1.807) is 37.5 Å². The summed E-state index contributed by atoms with van der Waals surface area (Å²) in [5.74, 6) is 0.130. The molecule has 30 heavy (non-hydrogen) atoms. The highest BCUT2D eigenvalue weighted by Gasteiger charge is 2.08. The zero-order valence-corrected chi connectivity index (χ0v) is 17.7. The van der Waals surface area contributed by atoms with Gasteiger partial charge in [0.05, 0.1) is 24.3 Å². The van der Waals surface area contributed by atoms with Gasteiger partial charge in [0.1, 0.15) is 6.61 Å². The van der Waals surface area contributed by atoms with E-state index in [4.69, 9.17) is 14.6 Å². The van der Waals surface area contributed by atoms with Crippen LogP contribution in [0.25, 0.3) is 11.6 Å².